The van der Waals surface area contributed by atoms with E-state index in [1.807, 2.05) is 10.6 Å². The first kappa shape index (κ1) is 118. The van der Waals surface area contributed by atoms with Gasteiger partial charge in [-0.25, -0.2) is 0 Å². The molecular weight excluding hydrogens is 1800 g/mol. The number of aliphatic hydroxyl groups is 2. The van der Waals surface area contributed by atoms with Crippen molar-refractivity contribution in [1.29, 1.82) is 5.41 Å². The first-order valence-corrected chi connectivity index (χ1v) is 43.2. The van der Waals surface area contributed by atoms with Crippen LogP contribution < -0.4 is 125 Å². The summed E-state index contributed by atoms with van der Waals surface area (Å²) in [5, 5.41) is 126. The number of carboxylic acids is 4. The summed E-state index contributed by atoms with van der Waals surface area (Å²) in [6.07, 6.45) is -6.38. The highest BCUT2D eigenvalue weighted by atomic mass is 16.4. The number of hydrogen-bond donors (Lipinski definition) is 32. The van der Waals surface area contributed by atoms with Crippen molar-refractivity contribution in [3.63, 3.8) is 0 Å². The van der Waals surface area contributed by atoms with Gasteiger partial charge in [-0.1, -0.05) is 58.4 Å². The summed E-state index contributed by atoms with van der Waals surface area (Å²) < 4.78 is 0. The number of guanidine groups is 1. The van der Waals surface area contributed by atoms with E-state index in [1.165, 1.54) is 62.4 Å². The van der Waals surface area contributed by atoms with E-state index >= 15 is 0 Å². The highest BCUT2D eigenvalue weighted by molar-refractivity contribution is 6.02. The fourth-order valence-corrected chi connectivity index (χ4v) is 12.7. The summed E-state index contributed by atoms with van der Waals surface area (Å²) in [6, 6.07) is -16.3. The van der Waals surface area contributed by atoms with Crippen molar-refractivity contribution < 1.29 is 146 Å². The first-order valence-electron chi connectivity index (χ1n) is 43.2. The molecule has 0 heterocycles. The molecule has 756 valence electrons. The summed E-state index contributed by atoms with van der Waals surface area (Å²) in [6.45, 7) is 2.86. The van der Waals surface area contributed by atoms with Gasteiger partial charge in [-0.05, 0) is 131 Å². The molecule has 0 fully saturated rings. The third kappa shape index (κ3) is 45.3. The van der Waals surface area contributed by atoms with Gasteiger partial charge in [0.1, 0.15) is 103 Å². The number of phenols is 2. The molecule has 0 bridgehead atoms. The number of aliphatic hydroxyl groups excluding tert-OH is 2. The third-order valence-electron chi connectivity index (χ3n) is 20.4. The number of unbranched alkanes of at least 4 members (excludes halogenated alkanes) is 2. The van der Waals surface area contributed by atoms with Crippen molar-refractivity contribution in [2.24, 2.45) is 46.2 Å². The second kappa shape index (κ2) is 61.3. The Hall–Kier alpha value is -14.5. The van der Waals surface area contributed by atoms with Gasteiger partial charge in [0.2, 0.25) is 106 Å². The van der Waals surface area contributed by atoms with E-state index in [2.05, 4.69) is 79.8 Å². The molecule has 0 aliphatic carbocycles. The van der Waals surface area contributed by atoms with Crippen LogP contribution in [0, 0.1) is 17.2 Å². The van der Waals surface area contributed by atoms with E-state index in [0.29, 0.717) is 6.42 Å². The molecular formula is C82H128N24O30. The molecule has 18 amide bonds. The fourth-order valence-electron chi connectivity index (χ4n) is 12.7. The van der Waals surface area contributed by atoms with Crippen LogP contribution in [-0.2, 0) is 118 Å². The molecule has 0 unspecified atom stereocenters. The quantitative estimate of drug-likeness (QED) is 0.0166. The van der Waals surface area contributed by atoms with E-state index in [1.54, 1.807) is 13.8 Å². The Kier molecular flexibility index (Phi) is 53.0. The van der Waals surface area contributed by atoms with Crippen molar-refractivity contribution in [2.75, 3.05) is 45.9 Å². The molecule has 54 nitrogen and oxygen atoms in total. The van der Waals surface area contributed by atoms with E-state index in [9.17, 15) is 141 Å². The number of carbonyl (C=O) groups is 22. The molecule has 0 saturated heterocycles. The van der Waals surface area contributed by atoms with Gasteiger partial charge in [-0.15, -0.1) is 0 Å². The Bertz CT molecular complexity index is 4470. The lowest BCUT2D eigenvalue weighted by molar-refractivity contribution is -0.142. The molecule has 16 atom stereocenters. The summed E-state index contributed by atoms with van der Waals surface area (Å²) in [5.74, 6) is -29.8. The normalized spacial score (nSPS) is 14.5. The minimum Gasteiger partial charge on any atom is -0.508 e. The van der Waals surface area contributed by atoms with Crippen molar-refractivity contribution in [1.82, 2.24) is 90.4 Å². The van der Waals surface area contributed by atoms with Gasteiger partial charge in [0, 0.05) is 32.2 Å². The average Bonchev–Trinajstić information content (AvgIpc) is 0.838. The smallest absolute Gasteiger partial charge is 0.322 e. The summed E-state index contributed by atoms with van der Waals surface area (Å²) in [7, 11) is 0. The Balaban J connectivity index is 2.53. The molecule has 0 aromatic heterocycles. The maximum atomic E-state index is 14.9. The van der Waals surface area contributed by atoms with Crippen LogP contribution in [0.15, 0.2) is 48.5 Å². The van der Waals surface area contributed by atoms with Crippen molar-refractivity contribution in [3.05, 3.63) is 59.7 Å². The standard InChI is InChI=1S/C82H128N24O30/c1-6-40(4)66(106-68(123)46(85)32-59(87)112)81(136)99-49(13-8-10-28-84)71(126)96-50(23-25-58(86)111)74(129)103-54(33-62(116)117)70(125)91-35-60(113)94-56(37-107)78(133)97-51(24-26-61(114)115)73(128)95-48(12-7-9-27-83)72(127)101-53(31-43-17-21-45(110)22-18-43)76(131)102-52(30-42-15-19-44(109)20-16-42)75(130)93-41(5)67(122)100-55(34-63(118)119)77(132)104-57(38-108)79(134)105-65(39(2)3)80(135)98-47(14-11-29-90-82(88)89)69(124)92-36-64(120)121/h15-22,39-41,46-57,65-66,107-110H,6-14,23-38,83-85H2,1-5H3,(H2,86,111)(H2,87,112)(H,91,125)(H,92,124)(H,93,130)(H,94,113)(H,95,128)(H,96,126)(H,97,133)(H,98,135)(H,99,136)(H,100,122)(H,101,127)(H,102,131)(H,103,129)(H,104,132)(H,105,134)(H,106,123)(H,114,115)(H,116,117)(H,118,119)(H,120,121)(H4,88,89,90)/t40-,41-,46-,47-,48-,49-,50-,51-,52-,53-,54-,55-,56-,57-,65-,66-/m0/s1. The third-order valence-corrected chi connectivity index (χ3v) is 20.4. The lowest BCUT2D eigenvalue weighted by Crippen LogP contribution is -2.61. The Morgan fingerprint density at radius 3 is 1.12 bits per heavy atom. The predicted octanol–water partition coefficient (Wildman–Crippen LogP) is -11.5. The molecule has 0 spiro atoms. The number of carbonyl (C=O) groups excluding carboxylic acids is 18. The number of rotatable bonds is 66. The van der Waals surface area contributed by atoms with Crippen LogP contribution in [-0.4, -0.2) is 314 Å². The number of phenolic OH excluding ortho intramolecular Hbond substituents is 2. The number of aromatic hydroxyl groups is 2. The Morgan fingerprint density at radius 2 is 0.699 bits per heavy atom. The largest absolute Gasteiger partial charge is 0.508 e. The maximum Gasteiger partial charge on any atom is 0.322 e. The Morgan fingerprint density at radius 1 is 0.346 bits per heavy atom. The second-order valence-electron chi connectivity index (χ2n) is 32.0. The summed E-state index contributed by atoms with van der Waals surface area (Å²) in [4.78, 5) is 295. The first-order chi connectivity index (χ1) is 64.0. The number of carboxylic acid groups (broad SMARTS) is 4. The molecule has 0 aliphatic heterocycles. The van der Waals surface area contributed by atoms with Crippen molar-refractivity contribution in [3.8, 4) is 11.5 Å². The van der Waals surface area contributed by atoms with Crippen LogP contribution in [0.5, 0.6) is 11.5 Å². The molecule has 0 radical (unpaired) electrons. The van der Waals surface area contributed by atoms with Crippen LogP contribution in [0.4, 0.5) is 0 Å². The average molecular weight is 1930 g/mol. The van der Waals surface area contributed by atoms with E-state index in [0.717, 1.165) is 6.92 Å². The molecule has 136 heavy (non-hydrogen) atoms. The van der Waals surface area contributed by atoms with Crippen LogP contribution in [0.1, 0.15) is 148 Å². The van der Waals surface area contributed by atoms with Gasteiger partial charge in [-0.2, -0.15) is 0 Å². The Labute approximate surface area is 779 Å². The zero-order valence-electron chi connectivity index (χ0n) is 75.6. The summed E-state index contributed by atoms with van der Waals surface area (Å²) >= 11 is 0. The SMILES string of the molecule is CC[C@H](C)[C@H](NC(=O)[C@@H](N)CC(N)=O)C(=O)N[C@@H](CCCCN)C(=O)N[C@@H](CCC(N)=O)C(=O)N[C@@H](CC(=O)O)C(=O)NCC(=O)N[C@@H](CO)C(=O)N[C@@H](CCC(=O)O)C(=O)N[C@@H](CCCCN)C(=O)N[C@@H](Cc1ccc(O)cc1)C(=O)N[C@@H](Cc1ccc(O)cc1)C(=O)N[C@@H](C)C(=O)N[C@@H](CC(=O)O)C(=O)N[C@@H](CO)C(=O)N[C@H](C(=O)N[C@@H](CCCNC(=N)N)C(=O)NCC(=O)O)C(C)C. The van der Waals surface area contributed by atoms with Gasteiger partial charge < -0.3 is 166 Å². The number of nitrogens with one attached hydrogen (secondary N) is 18. The van der Waals surface area contributed by atoms with Crippen LogP contribution in [0.2, 0.25) is 0 Å². The van der Waals surface area contributed by atoms with Gasteiger partial charge >= 0.3 is 23.9 Å². The number of amides is 18. The monoisotopic (exact) mass is 1930 g/mol. The van der Waals surface area contributed by atoms with Gasteiger partial charge in [0.05, 0.1) is 45.1 Å². The molecule has 0 saturated carbocycles. The predicted molar refractivity (Wildman–Crippen MR) is 475 cm³/mol. The lowest BCUT2D eigenvalue weighted by atomic mass is 9.96. The zero-order valence-corrected chi connectivity index (χ0v) is 75.6. The highest BCUT2D eigenvalue weighted by Crippen LogP contribution is 2.18. The topological polar surface area (TPSA) is 922 Å². The number of nitrogens with two attached hydrogens (primary N) is 6. The number of aliphatic carboxylic acids is 4. The molecule has 2 aromatic carbocycles. The van der Waals surface area contributed by atoms with Gasteiger partial charge in [-0.3, -0.25) is 111 Å². The molecule has 38 N–H and O–H groups in total. The highest BCUT2D eigenvalue weighted by Gasteiger charge is 2.40. The van der Waals surface area contributed by atoms with Gasteiger partial charge in [0.15, 0.2) is 5.96 Å². The molecule has 54 heteroatoms. The minimum absolute atomic E-state index is 0.0112. The van der Waals surface area contributed by atoms with E-state index < -0.39 is 323 Å². The fraction of sp³-hybridized carbons (Fsp3) is 0.573. The number of benzene rings is 2. The maximum absolute atomic E-state index is 14.9. The lowest BCUT2D eigenvalue weighted by Gasteiger charge is -2.28. The van der Waals surface area contributed by atoms with Crippen LogP contribution >= 0.6 is 0 Å². The molecule has 2 rings (SSSR count). The zero-order chi connectivity index (χ0) is 103. The van der Waals surface area contributed by atoms with Crippen LogP contribution in [0.25, 0.3) is 0 Å². The van der Waals surface area contributed by atoms with E-state index in [-0.39, 0.29) is 93.6 Å². The summed E-state index contributed by atoms with van der Waals surface area (Å²) in [5.41, 5.74) is 33.6. The number of primary amides is 2. The molecule has 2 aromatic rings. The van der Waals surface area contributed by atoms with Gasteiger partial charge in [0.25, 0.3) is 0 Å². The van der Waals surface area contributed by atoms with E-state index in [4.69, 9.17) is 44.9 Å². The van der Waals surface area contributed by atoms with Crippen molar-refractivity contribution >= 4 is 136 Å². The van der Waals surface area contributed by atoms with Crippen molar-refractivity contribution in [2.45, 2.75) is 241 Å². The number of hydrogen-bond acceptors (Lipinski definition) is 30. The molecule has 0 aliphatic rings. The second-order valence-corrected chi connectivity index (χ2v) is 32.0. The minimum atomic E-state index is -2.11. The van der Waals surface area contributed by atoms with Crippen LogP contribution in [0.3, 0.4) is 0 Å².